The van der Waals surface area contributed by atoms with Gasteiger partial charge in [0.1, 0.15) is 0 Å². The molecule has 0 aliphatic carbocycles. The molecule has 28 heavy (non-hydrogen) atoms. The van der Waals surface area contributed by atoms with E-state index in [1.807, 2.05) is 18.4 Å². The van der Waals surface area contributed by atoms with Crippen LogP contribution in [0, 0.1) is 0 Å². The van der Waals surface area contributed by atoms with Crippen molar-refractivity contribution in [3.8, 4) is 5.88 Å². The molecule has 6 nitrogen and oxygen atoms in total. The summed E-state index contributed by atoms with van der Waals surface area (Å²) in [5.41, 5.74) is -0.566. The van der Waals surface area contributed by atoms with E-state index in [2.05, 4.69) is 5.10 Å². The Morgan fingerprint density at radius 1 is 1.32 bits per heavy atom. The minimum absolute atomic E-state index is 0.0547. The van der Waals surface area contributed by atoms with Gasteiger partial charge in [0, 0.05) is 17.7 Å². The summed E-state index contributed by atoms with van der Waals surface area (Å²) in [5.74, 6) is 5.26. The van der Waals surface area contributed by atoms with E-state index < -0.39 is 24.3 Å². The molecule has 2 aromatic rings. The van der Waals surface area contributed by atoms with E-state index >= 15 is 0 Å². The third-order valence-electron chi connectivity index (χ3n) is 4.48. The Morgan fingerprint density at radius 3 is 2.57 bits per heavy atom. The van der Waals surface area contributed by atoms with Gasteiger partial charge < -0.3 is 20.4 Å². The second kappa shape index (κ2) is 8.22. The molecule has 1 fully saturated rings. The molecule has 0 unspecified atom stereocenters. The molecule has 154 valence electrons. The van der Waals surface area contributed by atoms with Gasteiger partial charge in [0.25, 0.3) is 0 Å². The Bertz CT molecular complexity index is 801. The van der Waals surface area contributed by atoms with Gasteiger partial charge in [-0.05, 0) is 37.3 Å². The highest BCUT2D eigenvalue weighted by Gasteiger charge is 2.41. The summed E-state index contributed by atoms with van der Waals surface area (Å²) in [6.07, 6.45) is -4.08. The van der Waals surface area contributed by atoms with E-state index in [-0.39, 0.29) is 30.4 Å². The number of benzene rings is 1. The summed E-state index contributed by atoms with van der Waals surface area (Å²) < 4.78 is 51.9. The van der Waals surface area contributed by atoms with E-state index in [0.29, 0.717) is 16.8 Å². The summed E-state index contributed by atoms with van der Waals surface area (Å²) in [5, 5.41) is 13.6. The SMILES string of the molecule is CSc1ccc(Cc2c(O[C@H]3C[C@@H](O)C[C@@H](C)O3)nn(N)c2C(F)(F)F)cc1. The van der Waals surface area contributed by atoms with Crippen LogP contribution in [0.1, 0.15) is 36.6 Å². The number of nitrogen functional groups attached to an aromatic ring is 1. The number of aromatic nitrogens is 2. The highest BCUT2D eigenvalue weighted by atomic mass is 32.2. The van der Waals surface area contributed by atoms with Crippen molar-refractivity contribution in [2.75, 3.05) is 12.1 Å². The number of nitrogens with zero attached hydrogens (tertiary/aromatic N) is 2. The number of hydrogen-bond donors (Lipinski definition) is 2. The van der Waals surface area contributed by atoms with E-state index in [1.54, 1.807) is 30.8 Å². The molecule has 1 aliphatic rings. The maximum Gasteiger partial charge on any atom is 0.435 e. The molecule has 3 atom stereocenters. The standard InChI is InChI=1S/C18H22F3N3O3S/c1-10-7-12(25)9-15(26-10)27-17-14(16(18(19,20)21)24(22)23-17)8-11-3-5-13(28-2)6-4-11/h3-6,10,12,15,25H,7-9,22H2,1-2H3/t10-,12+,15+/m1/s1. The van der Waals surface area contributed by atoms with Gasteiger partial charge in [-0.1, -0.05) is 12.1 Å². The number of ether oxygens (including phenoxy) is 2. The van der Waals surface area contributed by atoms with Crippen molar-refractivity contribution in [3.63, 3.8) is 0 Å². The topological polar surface area (TPSA) is 82.5 Å². The molecule has 1 aromatic heterocycles. The minimum atomic E-state index is -4.70. The zero-order valence-corrected chi connectivity index (χ0v) is 16.3. The number of nitrogens with two attached hydrogens (primary N) is 1. The molecular formula is C18H22F3N3O3S. The largest absolute Gasteiger partial charge is 0.446 e. The molecule has 0 saturated carbocycles. The molecule has 1 saturated heterocycles. The van der Waals surface area contributed by atoms with Crippen molar-refractivity contribution >= 4 is 11.8 Å². The molecule has 1 aromatic carbocycles. The Labute approximate surface area is 164 Å². The first-order chi connectivity index (χ1) is 13.2. The Morgan fingerprint density at radius 2 is 2.00 bits per heavy atom. The summed E-state index contributed by atoms with van der Waals surface area (Å²) in [4.78, 5) is 1.30. The average Bonchev–Trinajstić information content (AvgIpc) is 2.89. The second-order valence-corrected chi connectivity index (χ2v) is 7.60. The van der Waals surface area contributed by atoms with E-state index in [9.17, 15) is 18.3 Å². The van der Waals surface area contributed by atoms with Gasteiger partial charge in [-0.15, -0.1) is 16.9 Å². The summed E-state index contributed by atoms with van der Waals surface area (Å²) in [6, 6.07) is 7.19. The quantitative estimate of drug-likeness (QED) is 0.574. The second-order valence-electron chi connectivity index (χ2n) is 6.72. The zero-order chi connectivity index (χ0) is 20.5. The van der Waals surface area contributed by atoms with E-state index in [0.717, 1.165) is 4.90 Å². The van der Waals surface area contributed by atoms with Crippen LogP contribution >= 0.6 is 11.8 Å². The fraction of sp³-hybridized carbons (Fsp3) is 0.500. The lowest BCUT2D eigenvalue weighted by Crippen LogP contribution is -2.37. The van der Waals surface area contributed by atoms with Crippen LogP contribution in [0.2, 0.25) is 0 Å². The van der Waals surface area contributed by atoms with E-state index in [4.69, 9.17) is 15.3 Å². The van der Waals surface area contributed by atoms with Crippen LogP contribution in [-0.4, -0.2) is 39.7 Å². The molecule has 3 rings (SSSR count). The van der Waals surface area contributed by atoms with Gasteiger partial charge >= 0.3 is 6.18 Å². The first kappa shape index (κ1) is 20.8. The fourth-order valence-electron chi connectivity index (χ4n) is 3.22. The number of alkyl halides is 3. The van der Waals surface area contributed by atoms with Crippen molar-refractivity contribution < 1.29 is 27.8 Å². The van der Waals surface area contributed by atoms with E-state index in [1.165, 1.54) is 0 Å². The Kier molecular flexibility index (Phi) is 6.11. The molecule has 10 heteroatoms. The molecule has 0 bridgehead atoms. The first-order valence-electron chi connectivity index (χ1n) is 8.74. The maximum absolute atomic E-state index is 13.6. The molecule has 0 radical (unpaired) electrons. The molecule has 1 aliphatic heterocycles. The van der Waals surface area contributed by atoms with Gasteiger partial charge in [-0.25, -0.2) is 0 Å². The van der Waals surface area contributed by atoms with Crippen molar-refractivity contribution in [2.24, 2.45) is 0 Å². The van der Waals surface area contributed by atoms with Gasteiger partial charge in [-0.2, -0.15) is 18.0 Å². The first-order valence-corrected chi connectivity index (χ1v) is 9.97. The van der Waals surface area contributed by atoms with Crippen LogP contribution in [-0.2, 0) is 17.3 Å². The number of aliphatic hydroxyl groups excluding tert-OH is 1. The molecular weight excluding hydrogens is 395 g/mol. The van der Waals surface area contributed by atoms with Gasteiger partial charge in [0.05, 0.1) is 17.8 Å². The fourth-order valence-corrected chi connectivity index (χ4v) is 3.63. The highest BCUT2D eigenvalue weighted by molar-refractivity contribution is 7.98. The Balaban J connectivity index is 1.92. The molecule has 3 N–H and O–H groups in total. The van der Waals surface area contributed by atoms with Gasteiger partial charge in [0.15, 0.2) is 5.69 Å². The van der Waals surface area contributed by atoms with Crippen molar-refractivity contribution in [2.45, 2.75) is 55.8 Å². The monoisotopic (exact) mass is 417 g/mol. The van der Waals surface area contributed by atoms with Crippen LogP contribution in [0.4, 0.5) is 13.2 Å². The number of aliphatic hydroxyl groups is 1. The number of hydrogen-bond acceptors (Lipinski definition) is 6. The number of halogens is 3. The molecule has 2 heterocycles. The van der Waals surface area contributed by atoms with Gasteiger partial charge in [-0.3, -0.25) is 0 Å². The predicted molar refractivity (Wildman–Crippen MR) is 98.6 cm³/mol. The Hall–Kier alpha value is -1.91. The van der Waals surface area contributed by atoms with Crippen molar-refractivity contribution in [3.05, 3.63) is 41.1 Å². The van der Waals surface area contributed by atoms with Crippen LogP contribution in [0.15, 0.2) is 29.2 Å². The minimum Gasteiger partial charge on any atom is -0.446 e. The lowest BCUT2D eigenvalue weighted by molar-refractivity contribution is -0.171. The highest BCUT2D eigenvalue weighted by Crippen LogP contribution is 2.37. The summed E-state index contributed by atoms with van der Waals surface area (Å²) in [7, 11) is 0. The zero-order valence-electron chi connectivity index (χ0n) is 15.4. The number of rotatable bonds is 5. The van der Waals surface area contributed by atoms with Crippen molar-refractivity contribution in [1.82, 2.24) is 9.89 Å². The third kappa shape index (κ3) is 4.73. The van der Waals surface area contributed by atoms with Crippen LogP contribution in [0.3, 0.4) is 0 Å². The van der Waals surface area contributed by atoms with Gasteiger partial charge in [0.2, 0.25) is 12.2 Å². The summed E-state index contributed by atoms with van der Waals surface area (Å²) in [6.45, 7) is 1.76. The van der Waals surface area contributed by atoms with Crippen LogP contribution in [0.5, 0.6) is 5.88 Å². The summed E-state index contributed by atoms with van der Waals surface area (Å²) >= 11 is 1.54. The smallest absolute Gasteiger partial charge is 0.435 e. The lowest BCUT2D eigenvalue weighted by Gasteiger charge is -2.30. The predicted octanol–water partition coefficient (Wildman–Crippen LogP) is 3.19. The third-order valence-corrected chi connectivity index (χ3v) is 5.22. The molecule has 0 amide bonds. The average molecular weight is 417 g/mol. The lowest BCUT2D eigenvalue weighted by atomic mass is 10.0. The normalized spacial score (nSPS) is 23.0. The van der Waals surface area contributed by atoms with Crippen LogP contribution < -0.4 is 10.6 Å². The number of thioether (sulfide) groups is 1. The maximum atomic E-state index is 13.6. The van der Waals surface area contributed by atoms with Crippen molar-refractivity contribution in [1.29, 1.82) is 0 Å². The molecule has 0 spiro atoms. The van der Waals surface area contributed by atoms with Crippen LogP contribution in [0.25, 0.3) is 0 Å².